The number of aliphatic hydroxyl groups excluding tert-OH is 1. The van der Waals surface area contributed by atoms with Gasteiger partial charge in [-0.3, -0.25) is 4.90 Å². The summed E-state index contributed by atoms with van der Waals surface area (Å²) in [5.41, 5.74) is 3.87. The molecule has 36 heavy (non-hydrogen) atoms. The number of hydrogen-bond donors (Lipinski definition) is 1. The first-order chi connectivity index (χ1) is 17.4. The van der Waals surface area contributed by atoms with Crippen molar-refractivity contribution in [2.24, 2.45) is 13.0 Å². The summed E-state index contributed by atoms with van der Waals surface area (Å²) in [6, 6.07) is 26.1. The Balaban J connectivity index is 1.65. The lowest BCUT2D eigenvalue weighted by atomic mass is 10.0. The van der Waals surface area contributed by atoms with E-state index < -0.39 is 6.10 Å². The van der Waals surface area contributed by atoms with E-state index in [1.807, 2.05) is 67.7 Å². The number of aryl methyl sites for hydroxylation is 1. The van der Waals surface area contributed by atoms with Crippen molar-refractivity contribution in [1.82, 2.24) is 14.7 Å². The molecule has 0 aliphatic carbocycles. The maximum absolute atomic E-state index is 13.5. The van der Waals surface area contributed by atoms with Gasteiger partial charge in [-0.15, -0.1) is 0 Å². The Morgan fingerprint density at radius 1 is 0.917 bits per heavy atom. The lowest BCUT2D eigenvalue weighted by molar-refractivity contribution is 0.101. The minimum atomic E-state index is -0.510. The second kappa shape index (κ2) is 12.0. The Hall–Kier alpha value is -3.48. The fourth-order valence-electron chi connectivity index (χ4n) is 4.46. The van der Waals surface area contributed by atoms with Gasteiger partial charge >= 0.3 is 0 Å². The van der Waals surface area contributed by atoms with Gasteiger partial charge in [0.25, 0.3) is 0 Å². The summed E-state index contributed by atoms with van der Waals surface area (Å²) in [6.07, 6.45) is 0.0805. The van der Waals surface area contributed by atoms with Crippen molar-refractivity contribution in [2.75, 3.05) is 13.1 Å². The van der Waals surface area contributed by atoms with Crippen LogP contribution in [0.1, 0.15) is 25.0 Å². The van der Waals surface area contributed by atoms with Gasteiger partial charge in [0.1, 0.15) is 17.3 Å². The Morgan fingerprint density at radius 3 is 2.19 bits per heavy atom. The van der Waals surface area contributed by atoms with E-state index in [1.165, 1.54) is 12.1 Å². The molecule has 1 atom stereocenters. The Bertz CT molecular complexity index is 1220. The first-order valence-corrected chi connectivity index (χ1v) is 12.4. The van der Waals surface area contributed by atoms with Crippen molar-refractivity contribution < 1.29 is 14.2 Å². The molecule has 4 rings (SSSR count). The standard InChI is InChI=1S/C30H34FN3O2/c1-22(2)19-34(20-26(35)18-23-10-6-4-7-11-23)21-28-29(24-12-8-5-9-13-24)32-33(3)30(28)36-27-16-14-25(31)15-17-27/h4-17,22,26,35H,18-21H2,1-3H3/t26-/m0/s1. The smallest absolute Gasteiger partial charge is 0.222 e. The summed E-state index contributed by atoms with van der Waals surface area (Å²) < 4.78 is 21.5. The average molecular weight is 488 g/mol. The largest absolute Gasteiger partial charge is 0.439 e. The quantitative estimate of drug-likeness (QED) is 0.279. The van der Waals surface area contributed by atoms with Gasteiger partial charge in [0, 0.05) is 32.2 Å². The zero-order valence-corrected chi connectivity index (χ0v) is 21.1. The zero-order chi connectivity index (χ0) is 25.5. The number of aromatic nitrogens is 2. The van der Waals surface area contributed by atoms with Crippen molar-refractivity contribution in [2.45, 2.75) is 32.9 Å². The molecular formula is C30H34FN3O2. The predicted octanol–water partition coefficient (Wildman–Crippen LogP) is 6.08. The molecule has 1 N–H and O–H groups in total. The van der Waals surface area contributed by atoms with Crippen molar-refractivity contribution >= 4 is 0 Å². The molecule has 0 aliphatic heterocycles. The molecular weight excluding hydrogens is 453 g/mol. The van der Waals surface area contributed by atoms with Crippen LogP contribution in [0.5, 0.6) is 11.6 Å². The molecule has 3 aromatic carbocycles. The molecule has 0 spiro atoms. The molecule has 0 amide bonds. The fourth-order valence-corrected chi connectivity index (χ4v) is 4.46. The number of benzene rings is 3. The van der Waals surface area contributed by atoms with Gasteiger partial charge in [-0.2, -0.15) is 5.10 Å². The lowest BCUT2D eigenvalue weighted by Gasteiger charge is -2.27. The van der Waals surface area contributed by atoms with Crippen LogP contribution >= 0.6 is 0 Å². The topological polar surface area (TPSA) is 50.5 Å². The average Bonchev–Trinajstić information content (AvgIpc) is 3.16. The Kier molecular flexibility index (Phi) is 8.52. The lowest BCUT2D eigenvalue weighted by Crippen LogP contribution is -2.35. The maximum atomic E-state index is 13.5. The van der Waals surface area contributed by atoms with E-state index in [4.69, 9.17) is 9.84 Å². The van der Waals surface area contributed by atoms with E-state index in [9.17, 15) is 9.50 Å². The van der Waals surface area contributed by atoms with Gasteiger partial charge < -0.3 is 9.84 Å². The van der Waals surface area contributed by atoms with Crippen LogP contribution in [-0.2, 0) is 20.0 Å². The highest BCUT2D eigenvalue weighted by Gasteiger charge is 2.24. The molecule has 0 saturated heterocycles. The third kappa shape index (κ3) is 6.80. The molecule has 5 nitrogen and oxygen atoms in total. The molecule has 188 valence electrons. The van der Waals surface area contributed by atoms with Crippen LogP contribution < -0.4 is 4.74 Å². The Morgan fingerprint density at radius 2 is 1.56 bits per heavy atom. The van der Waals surface area contributed by atoms with E-state index in [2.05, 4.69) is 18.7 Å². The van der Waals surface area contributed by atoms with Gasteiger partial charge in [0.05, 0.1) is 11.7 Å². The van der Waals surface area contributed by atoms with Gasteiger partial charge in [-0.05, 0) is 42.2 Å². The molecule has 0 bridgehead atoms. The third-order valence-electron chi connectivity index (χ3n) is 5.95. The van der Waals surface area contributed by atoms with E-state index in [1.54, 1.807) is 16.8 Å². The SMILES string of the molecule is CC(C)CN(Cc1c(-c2ccccc2)nn(C)c1Oc1ccc(F)cc1)C[C@@H](O)Cc1ccccc1. The van der Waals surface area contributed by atoms with Crippen molar-refractivity contribution in [3.63, 3.8) is 0 Å². The number of halogens is 1. The summed E-state index contributed by atoms with van der Waals surface area (Å²) in [4.78, 5) is 2.26. The highest BCUT2D eigenvalue weighted by molar-refractivity contribution is 5.65. The molecule has 0 unspecified atom stereocenters. The molecule has 0 radical (unpaired) electrons. The van der Waals surface area contributed by atoms with E-state index in [0.29, 0.717) is 37.1 Å². The van der Waals surface area contributed by atoms with E-state index in [-0.39, 0.29) is 5.82 Å². The molecule has 0 aliphatic rings. The van der Waals surface area contributed by atoms with Crippen molar-refractivity contribution in [3.8, 4) is 22.9 Å². The molecule has 4 aromatic rings. The van der Waals surface area contributed by atoms with Gasteiger partial charge in [-0.1, -0.05) is 74.5 Å². The number of ether oxygens (including phenoxy) is 1. The van der Waals surface area contributed by atoms with Gasteiger partial charge in [-0.25, -0.2) is 9.07 Å². The number of nitrogens with zero attached hydrogens (tertiary/aromatic N) is 3. The minimum Gasteiger partial charge on any atom is -0.439 e. The van der Waals surface area contributed by atoms with Crippen LogP contribution in [0.2, 0.25) is 0 Å². The summed E-state index contributed by atoms with van der Waals surface area (Å²) in [7, 11) is 1.85. The van der Waals surface area contributed by atoms with E-state index >= 15 is 0 Å². The second-order valence-corrected chi connectivity index (χ2v) is 9.61. The minimum absolute atomic E-state index is 0.312. The number of rotatable bonds is 11. The highest BCUT2D eigenvalue weighted by Crippen LogP contribution is 2.34. The summed E-state index contributed by atoms with van der Waals surface area (Å²) in [5.74, 6) is 1.24. The first kappa shape index (κ1) is 25.6. The van der Waals surface area contributed by atoms with Crippen LogP contribution in [-0.4, -0.2) is 39.0 Å². The molecule has 1 aromatic heterocycles. The summed E-state index contributed by atoms with van der Waals surface area (Å²) in [5, 5.41) is 15.8. The van der Waals surface area contributed by atoms with Crippen LogP contribution in [0.15, 0.2) is 84.9 Å². The Labute approximate surface area is 212 Å². The fraction of sp³-hybridized carbons (Fsp3) is 0.300. The molecule has 6 heteroatoms. The van der Waals surface area contributed by atoms with E-state index in [0.717, 1.165) is 28.9 Å². The van der Waals surface area contributed by atoms with Gasteiger partial charge in [0.2, 0.25) is 5.88 Å². The normalized spacial score (nSPS) is 12.3. The number of aliphatic hydroxyl groups is 1. The molecule has 0 saturated carbocycles. The number of hydrogen-bond acceptors (Lipinski definition) is 4. The molecule has 0 fully saturated rings. The predicted molar refractivity (Wildman–Crippen MR) is 141 cm³/mol. The summed E-state index contributed by atoms with van der Waals surface area (Å²) >= 11 is 0. The van der Waals surface area contributed by atoms with Crippen LogP contribution in [0.4, 0.5) is 4.39 Å². The summed E-state index contributed by atoms with van der Waals surface area (Å²) in [6.45, 7) is 6.23. The van der Waals surface area contributed by atoms with Crippen LogP contribution in [0.3, 0.4) is 0 Å². The van der Waals surface area contributed by atoms with Crippen molar-refractivity contribution in [3.05, 3.63) is 102 Å². The maximum Gasteiger partial charge on any atom is 0.222 e. The van der Waals surface area contributed by atoms with Crippen LogP contribution in [0, 0.1) is 11.7 Å². The van der Waals surface area contributed by atoms with Crippen LogP contribution in [0.25, 0.3) is 11.3 Å². The third-order valence-corrected chi connectivity index (χ3v) is 5.95. The zero-order valence-electron chi connectivity index (χ0n) is 21.1. The molecule has 1 heterocycles. The monoisotopic (exact) mass is 487 g/mol. The highest BCUT2D eigenvalue weighted by atomic mass is 19.1. The first-order valence-electron chi connectivity index (χ1n) is 12.4. The van der Waals surface area contributed by atoms with Gasteiger partial charge in [0.15, 0.2) is 0 Å². The van der Waals surface area contributed by atoms with Crippen molar-refractivity contribution in [1.29, 1.82) is 0 Å². The second-order valence-electron chi connectivity index (χ2n) is 9.61.